The summed E-state index contributed by atoms with van der Waals surface area (Å²) in [7, 11) is 0. The van der Waals surface area contributed by atoms with Gasteiger partial charge in [-0.05, 0) is 30.7 Å². The van der Waals surface area contributed by atoms with E-state index >= 15 is 0 Å². The van der Waals surface area contributed by atoms with Crippen molar-refractivity contribution in [1.29, 1.82) is 0 Å². The molecule has 0 aliphatic carbocycles. The molecule has 1 aromatic carbocycles. The number of amides is 1. The van der Waals surface area contributed by atoms with Gasteiger partial charge in [-0.25, -0.2) is 0 Å². The molecule has 0 saturated heterocycles. The summed E-state index contributed by atoms with van der Waals surface area (Å²) in [6.45, 7) is 1.83. The van der Waals surface area contributed by atoms with Gasteiger partial charge in [0.25, 0.3) is 0 Å². The molecule has 0 aliphatic heterocycles. The van der Waals surface area contributed by atoms with Crippen LogP contribution in [0, 0.1) is 6.92 Å². The second kappa shape index (κ2) is 7.17. The van der Waals surface area contributed by atoms with E-state index in [1.54, 1.807) is 12.1 Å². The van der Waals surface area contributed by atoms with Crippen molar-refractivity contribution in [2.24, 2.45) is 0 Å². The van der Waals surface area contributed by atoms with Crippen LogP contribution in [0.2, 0.25) is 0 Å². The van der Waals surface area contributed by atoms with Crippen LogP contribution in [0.1, 0.15) is 17.4 Å². The SMILES string of the molecule is Cc1ccccc1SCC(=O)NC(CO)c1ccco1. The van der Waals surface area contributed by atoms with E-state index in [9.17, 15) is 9.90 Å². The maximum atomic E-state index is 11.9. The van der Waals surface area contributed by atoms with Crippen LogP contribution in [0.5, 0.6) is 0 Å². The molecule has 20 heavy (non-hydrogen) atoms. The number of benzene rings is 1. The van der Waals surface area contributed by atoms with Crippen LogP contribution in [0.15, 0.2) is 52.0 Å². The predicted octanol–water partition coefficient (Wildman–Crippen LogP) is 2.53. The van der Waals surface area contributed by atoms with Crippen molar-refractivity contribution >= 4 is 17.7 Å². The first-order valence-corrected chi connectivity index (χ1v) is 7.31. The lowest BCUT2D eigenvalue weighted by atomic mass is 10.2. The Morgan fingerprint density at radius 3 is 2.80 bits per heavy atom. The molecular formula is C15H17NO3S. The largest absolute Gasteiger partial charge is 0.467 e. The molecule has 1 heterocycles. The highest BCUT2D eigenvalue weighted by atomic mass is 32.2. The minimum absolute atomic E-state index is 0.131. The molecule has 4 nitrogen and oxygen atoms in total. The maximum absolute atomic E-state index is 11.9. The van der Waals surface area contributed by atoms with Gasteiger partial charge in [-0.1, -0.05) is 18.2 Å². The molecule has 0 bridgehead atoms. The van der Waals surface area contributed by atoms with E-state index in [-0.39, 0.29) is 12.5 Å². The van der Waals surface area contributed by atoms with Gasteiger partial charge in [-0.15, -0.1) is 11.8 Å². The van der Waals surface area contributed by atoms with Gasteiger partial charge in [0.2, 0.25) is 5.91 Å². The van der Waals surface area contributed by atoms with Gasteiger partial charge >= 0.3 is 0 Å². The molecule has 5 heteroatoms. The lowest BCUT2D eigenvalue weighted by molar-refractivity contribution is -0.119. The lowest BCUT2D eigenvalue weighted by Crippen LogP contribution is -2.31. The van der Waals surface area contributed by atoms with Crippen molar-refractivity contribution in [3.05, 3.63) is 54.0 Å². The van der Waals surface area contributed by atoms with Crippen molar-refractivity contribution < 1.29 is 14.3 Å². The first-order chi connectivity index (χ1) is 9.70. The van der Waals surface area contributed by atoms with E-state index in [1.165, 1.54) is 18.0 Å². The van der Waals surface area contributed by atoms with Gasteiger partial charge in [-0.2, -0.15) is 0 Å². The summed E-state index contributed by atoms with van der Waals surface area (Å²) in [5, 5.41) is 12.0. The zero-order valence-electron chi connectivity index (χ0n) is 11.2. The number of hydrogen-bond acceptors (Lipinski definition) is 4. The summed E-state index contributed by atoms with van der Waals surface area (Å²) in [6.07, 6.45) is 1.52. The number of aliphatic hydroxyl groups excluding tert-OH is 1. The highest BCUT2D eigenvalue weighted by Gasteiger charge is 2.16. The number of furan rings is 1. The number of carbonyl (C=O) groups is 1. The standard InChI is InChI=1S/C15H17NO3S/c1-11-5-2-3-7-14(11)20-10-15(18)16-12(9-17)13-6-4-8-19-13/h2-8,12,17H,9-10H2,1H3,(H,16,18). The minimum atomic E-state index is -0.491. The molecule has 1 aromatic heterocycles. The first-order valence-electron chi connectivity index (χ1n) is 6.32. The van der Waals surface area contributed by atoms with E-state index in [4.69, 9.17) is 4.42 Å². The van der Waals surface area contributed by atoms with Crippen LogP contribution >= 0.6 is 11.8 Å². The topological polar surface area (TPSA) is 62.5 Å². The Hall–Kier alpha value is -1.72. The fourth-order valence-electron chi connectivity index (χ4n) is 1.79. The van der Waals surface area contributed by atoms with Crippen LogP contribution in [-0.4, -0.2) is 23.4 Å². The second-order valence-corrected chi connectivity index (χ2v) is 5.39. The zero-order chi connectivity index (χ0) is 14.4. The summed E-state index contributed by atoms with van der Waals surface area (Å²) >= 11 is 1.48. The molecule has 1 unspecified atom stereocenters. The average molecular weight is 291 g/mol. The number of aliphatic hydroxyl groups is 1. The molecule has 0 saturated carbocycles. The van der Waals surface area contributed by atoms with E-state index in [0.717, 1.165) is 10.5 Å². The van der Waals surface area contributed by atoms with Crippen LogP contribution in [0.3, 0.4) is 0 Å². The van der Waals surface area contributed by atoms with Gasteiger partial charge in [-0.3, -0.25) is 4.79 Å². The lowest BCUT2D eigenvalue weighted by Gasteiger charge is -2.14. The Bertz CT molecular complexity index is 554. The maximum Gasteiger partial charge on any atom is 0.231 e. The molecule has 1 amide bonds. The number of carbonyl (C=O) groups excluding carboxylic acids is 1. The molecule has 0 radical (unpaired) electrons. The fourth-order valence-corrected chi connectivity index (χ4v) is 2.63. The summed E-state index contributed by atoms with van der Waals surface area (Å²) in [6, 6.07) is 10.9. The van der Waals surface area contributed by atoms with Crippen molar-refractivity contribution in [1.82, 2.24) is 5.32 Å². The van der Waals surface area contributed by atoms with Gasteiger partial charge in [0.1, 0.15) is 11.8 Å². The average Bonchev–Trinajstić information content (AvgIpc) is 2.98. The predicted molar refractivity (Wildman–Crippen MR) is 78.6 cm³/mol. The van der Waals surface area contributed by atoms with Crippen molar-refractivity contribution in [2.45, 2.75) is 17.9 Å². The molecule has 2 N–H and O–H groups in total. The summed E-state index contributed by atoms with van der Waals surface area (Å²) in [5.41, 5.74) is 1.15. The molecule has 2 aromatic rings. The number of rotatable bonds is 6. The summed E-state index contributed by atoms with van der Waals surface area (Å²) < 4.78 is 5.19. The third-order valence-corrected chi connectivity index (χ3v) is 4.03. The second-order valence-electron chi connectivity index (χ2n) is 4.37. The van der Waals surface area contributed by atoms with Gasteiger partial charge < -0.3 is 14.8 Å². The highest BCUT2D eigenvalue weighted by molar-refractivity contribution is 8.00. The monoisotopic (exact) mass is 291 g/mol. The molecule has 106 valence electrons. The van der Waals surface area contributed by atoms with E-state index in [1.807, 2.05) is 31.2 Å². The normalized spacial score (nSPS) is 12.1. The van der Waals surface area contributed by atoms with Crippen molar-refractivity contribution in [3.8, 4) is 0 Å². The van der Waals surface area contributed by atoms with Gasteiger partial charge in [0.15, 0.2) is 0 Å². The van der Waals surface area contributed by atoms with Crippen molar-refractivity contribution in [2.75, 3.05) is 12.4 Å². The van der Waals surface area contributed by atoms with Crippen LogP contribution in [0.25, 0.3) is 0 Å². The Labute approximate surface area is 122 Å². The molecule has 0 spiro atoms. The van der Waals surface area contributed by atoms with E-state index < -0.39 is 6.04 Å². The van der Waals surface area contributed by atoms with Gasteiger partial charge in [0, 0.05) is 4.90 Å². The number of nitrogens with one attached hydrogen (secondary N) is 1. The molecule has 2 rings (SSSR count). The molecular weight excluding hydrogens is 274 g/mol. The number of aryl methyl sites for hydroxylation is 1. The summed E-state index contributed by atoms with van der Waals surface area (Å²) in [5.74, 6) is 0.734. The van der Waals surface area contributed by atoms with Crippen LogP contribution < -0.4 is 5.32 Å². The van der Waals surface area contributed by atoms with Crippen molar-refractivity contribution in [3.63, 3.8) is 0 Å². The number of thioether (sulfide) groups is 1. The van der Waals surface area contributed by atoms with Crippen LogP contribution in [0.4, 0.5) is 0 Å². The smallest absolute Gasteiger partial charge is 0.231 e. The third kappa shape index (κ3) is 3.88. The first kappa shape index (κ1) is 14.7. The Kier molecular flexibility index (Phi) is 5.26. The Morgan fingerprint density at radius 2 is 2.15 bits per heavy atom. The van der Waals surface area contributed by atoms with Crippen LogP contribution in [-0.2, 0) is 4.79 Å². The quantitative estimate of drug-likeness (QED) is 0.803. The Balaban J connectivity index is 1.88. The molecule has 0 fully saturated rings. The van der Waals surface area contributed by atoms with Gasteiger partial charge in [0.05, 0.1) is 18.6 Å². The third-order valence-electron chi connectivity index (χ3n) is 2.86. The Morgan fingerprint density at radius 1 is 1.35 bits per heavy atom. The summed E-state index contributed by atoms with van der Waals surface area (Å²) in [4.78, 5) is 13.0. The molecule has 1 atom stereocenters. The zero-order valence-corrected chi connectivity index (χ0v) is 12.0. The van der Waals surface area contributed by atoms with E-state index in [2.05, 4.69) is 5.32 Å². The minimum Gasteiger partial charge on any atom is -0.467 e. The van der Waals surface area contributed by atoms with E-state index in [0.29, 0.717) is 11.5 Å². The fraction of sp³-hybridized carbons (Fsp3) is 0.267. The number of hydrogen-bond donors (Lipinski definition) is 2. The highest BCUT2D eigenvalue weighted by Crippen LogP contribution is 2.22. The molecule has 0 aliphatic rings.